The number of hydrogen-bond acceptors (Lipinski definition) is 4. The van der Waals surface area contributed by atoms with Crippen molar-refractivity contribution in [1.29, 1.82) is 0 Å². The van der Waals surface area contributed by atoms with Crippen LogP contribution < -0.4 is 0 Å². The Hall–Kier alpha value is -0.940. The van der Waals surface area contributed by atoms with E-state index in [4.69, 9.17) is 9.47 Å². The molecule has 1 N–H and O–H groups in total. The summed E-state index contributed by atoms with van der Waals surface area (Å²) >= 11 is 0. The number of hydrogen-bond donors (Lipinski definition) is 1. The van der Waals surface area contributed by atoms with Gasteiger partial charge in [0.15, 0.2) is 6.29 Å². The Bertz CT molecular complexity index is 419. The van der Waals surface area contributed by atoms with Gasteiger partial charge in [0.05, 0.1) is 18.8 Å². The van der Waals surface area contributed by atoms with E-state index in [1.54, 1.807) is 0 Å². The van der Waals surface area contributed by atoms with E-state index in [9.17, 15) is 5.11 Å². The van der Waals surface area contributed by atoms with E-state index in [1.807, 2.05) is 18.2 Å². The van der Waals surface area contributed by atoms with Crippen LogP contribution in [0.15, 0.2) is 30.3 Å². The average Bonchev–Trinajstić information content (AvgIpc) is 2.98. The summed E-state index contributed by atoms with van der Waals surface area (Å²) in [4.78, 5) is 2.32. The number of aliphatic hydroxyl groups is 1. The van der Waals surface area contributed by atoms with Gasteiger partial charge in [0.25, 0.3) is 0 Å². The van der Waals surface area contributed by atoms with Crippen LogP contribution in [0.25, 0.3) is 0 Å². The summed E-state index contributed by atoms with van der Waals surface area (Å²) in [6.07, 6.45) is 4.59. The zero-order chi connectivity index (χ0) is 14.5. The van der Waals surface area contributed by atoms with Crippen molar-refractivity contribution in [2.75, 3.05) is 26.3 Å². The van der Waals surface area contributed by atoms with Gasteiger partial charge in [-0.1, -0.05) is 30.3 Å². The molecule has 0 radical (unpaired) electrons. The molecule has 1 aromatic carbocycles. The Morgan fingerprint density at radius 3 is 2.81 bits per heavy atom. The van der Waals surface area contributed by atoms with Gasteiger partial charge in [0.1, 0.15) is 0 Å². The van der Waals surface area contributed by atoms with Crippen molar-refractivity contribution in [2.24, 2.45) is 0 Å². The summed E-state index contributed by atoms with van der Waals surface area (Å²) in [5.74, 6) is 0. The fourth-order valence-corrected chi connectivity index (χ4v) is 3.29. The van der Waals surface area contributed by atoms with Crippen molar-refractivity contribution in [2.45, 2.75) is 44.1 Å². The van der Waals surface area contributed by atoms with Gasteiger partial charge in [-0.2, -0.15) is 0 Å². The fraction of sp³-hybridized carbons (Fsp3) is 0.647. The second-order valence-electron chi connectivity index (χ2n) is 5.95. The van der Waals surface area contributed by atoms with E-state index < -0.39 is 0 Å². The topological polar surface area (TPSA) is 41.9 Å². The van der Waals surface area contributed by atoms with Crippen LogP contribution in [0.5, 0.6) is 0 Å². The molecule has 116 valence electrons. The minimum absolute atomic E-state index is 0.0204. The normalized spacial score (nSPS) is 28.6. The first-order valence-corrected chi connectivity index (χ1v) is 8.04. The molecule has 0 spiro atoms. The number of aliphatic hydroxyl groups excluding tert-OH is 1. The highest BCUT2D eigenvalue weighted by atomic mass is 16.7. The molecule has 0 aromatic heterocycles. The van der Waals surface area contributed by atoms with Crippen molar-refractivity contribution in [3.8, 4) is 0 Å². The first kappa shape index (κ1) is 15.0. The van der Waals surface area contributed by atoms with Crippen LogP contribution in [-0.2, 0) is 9.47 Å². The van der Waals surface area contributed by atoms with Crippen molar-refractivity contribution >= 4 is 0 Å². The van der Waals surface area contributed by atoms with Crippen LogP contribution in [0.4, 0.5) is 0 Å². The molecule has 2 aliphatic heterocycles. The molecule has 4 heteroatoms. The Morgan fingerprint density at radius 2 is 2.10 bits per heavy atom. The Balaban J connectivity index is 1.55. The summed E-state index contributed by atoms with van der Waals surface area (Å²) < 4.78 is 11.7. The minimum atomic E-state index is -0.0204. The maximum Gasteiger partial charge on any atom is 0.158 e. The third kappa shape index (κ3) is 3.83. The maximum atomic E-state index is 9.74. The standard InChI is InChI=1S/C17H25NO3/c19-13-16(14-6-2-1-3-7-14)18-10-9-15(12-18)21-17-8-4-5-11-20-17/h1-3,6-7,15-17,19H,4-5,8-13H2/t15-,16-,17?/m0/s1. The number of nitrogens with zero attached hydrogens (tertiary/aromatic N) is 1. The van der Waals surface area contributed by atoms with Crippen LogP contribution in [0, 0.1) is 0 Å². The van der Waals surface area contributed by atoms with Gasteiger partial charge < -0.3 is 14.6 Å². The number of likely N-dealkylation sites (tertiary alicyclic amines) is 1. The molecule has 21 heavy (non-hydrogen) atoms. The zero-order valence-electron chi connectivity index (χ0n) is 12.5. The lowest BCUT2D eigenvalue weighted by Crippen LogP contribution is -2.33. The number of rotatable bonds is 5. The van der Waals surface area contributed by atoms with Gasteiger partial charge in [0.2, 0.25) is 0 Å². The molecule has 2 fully saturated rings. The predicted molar refractivity (Wildman–Crippen MR) is 80.9 cm³/mol. The Morgan fingerprint density at radius 1 is 1.24 bits per heavy atom. The lowest BCUT2D eigenvalue weighted by atomic mass is 10.1. The molecule has 3 atom stereocenters. The quantitative estimate of drug-likeness (QED) is 0.904. The summed E-state index contributed by atoms with van der Waals surface area (Å²) in [6, 6.07) is 10.3. The van der Waals surface area contributed by atoms with Crippen molar-refractivity contribution in [3.05, 3.63) is 35.9 Å². The van der Waals surface area contributed by atoms with Crippen LogP contribution in [0.2, 0.25) is 0 Å². The van der Waals surface area contributed by atoms with Crippen molar-refractivity contribution in [1.82, 2.24) is 4.90 Å². The monoisotopic (exact) mass is 291 g/mol. The van der Waals surface area contributed by atoms with Crippen LogP contribution >= 0.6 is 0 Å². The maximum absolute atomic E-state index is 9.74. The average molecular weight is 291 g/mol. The zero-order valence-corrected chi connectivity index (χ0v) is 12.5. The van der Waals surface area contributed by atoms with Gasteiger partial charge in [-0.15, -0.1) is 0 Å². The van der Waals surface area contributed by atoms with E-state index in [1.165, 1.54) is 12.0 Å². The van der Waals surface area contributed by atoms with Crippen LogP contribution in [-0.4, -0.2) is 48.7 Å². The van der Waals surface area contributed by atoms with Crippen LogP contribution in [0.1, 0.15) is 37.3 Å². The summed E-state index contributed by atoms with van der Waals surface area (Å²) in [5.41, 5.74) is 1.18. The largest absolute Gasteiger partial charge is 0.394 e. The van der Waals surface area contributed by atoms with Gasteiger partial charge in [-0.25, -0.2) is 0 Å². The molecule has 0 amide bonds. The Kier molecular flexibility index (Phi) is 5.25. The highest BCUT2D eigenvalue weighted by Gasteiger charge is 2.31. The molecule has 3 rings (SSSR count). The lowest BCUT2D eigenvalue weighted by molar-refractivity contribution is -0.185. The van der Waals surface area contributed by atoms with Crippen molar-refractivity contribution < 1.29 is 14.6 Å². The molecular weight excluding hydrogens is 266 g/mol. The summed E-state index contributed by atoms with van der Waals surface area (Å²) in [6.45, 7) is 2.82. The summed E-state index contributed by atoms with van der Waals surface area (Å²) in [5, 5.41) is 9.74. The highest BCUT2D eigenvalue weighted by molar-refractivity contribution is 5.19. The fourth-order valence-electron chi connectivity index (χ4n) is 3.29. The third-order valence-electron chi connectivity index (χ3n) is 4.46. The first-order chi connectivity index (χ1) is 10.4. The molecule has 4 nitrogen and oxygen atoms in total. The molecule has 2 aliphatic rings. The third-order valence-corrected chi connectivity index (χ3v) is 4.46. The second-order valence-corrected chi connectivity index (χ2v) is 5.95. The van der Waals surface area contributed by atoms with E-state index in [0.717, 1.165) is 39.0 Å². The smallest absolute Gasteiger partial charge is 0.158 e. The van der Waals surface area contributed by atoms with Gasteiger partial charge >= 0.3 is 0 Å². The van der Waals surface area contributed by atoms with E-state index >= 15 is 0 Å². The van der Waals surface area contributed by atoms with E-state index in [-0.39, 0.29) is 25.0 Å². The minimum Gasteiger partial charge on any atom is -0.394 e. The lowest BCUT2D eigenvalue weighted by Gasteiger charge is -2.28. The predicted octanol–water partition coefficient (Wildman–Crippen LogP) is 2.34. The molecule has 0 saturated carbocycles. The molecule has 1 unspecified atom stereocenters. The first-order valence-electron chi connectivity index (χ1n) is 8.04. The summed E-state index contributed by atoms with van der Waals surface area (Å²) in [7, 11) is 0. The SMILES string of the molecule is OC[C@@H](c1ccccc1)N1CC[C@H](OC2CCCCO2)C1. The van der Waals surface area contributed by atoms with Crippen molar-refractivity contribution in [3.63, 3.8) is 0 Å². The van der Waals surface area contributed by atoms with Crippen LogP contribution in [0.3, 0.4) is 0 Å². The molecule has 2 saturated heterocycles. The molecule has 0 aliphatic carbocycles. The number of ether oxygens (including phenoxy) is 2. The van der Waals surface area contributed by atoms with Gasteiger partial charge in [-0.05, 0) is 31.2 Å². The van der Waals surface area contributed by atoms with E-state index in [2.05, 4.69) is 17.0 Å². The van der Waals surface area contributed by atoms with Gasteiger partial charge in [-0.3, -0.25) is 4.90 Å². The second kappa shape index (κ2) is 7.36. The molecular formula is C17H25NO3. The molecule has 0 bridgehead atoms. The molecule has 1 aromatic rings. The van der Waals surface area contributed by atoms with E-state index in [0.29, 0.717) is 0 Å². The molecule has 2 heterocycles. The van der Waals surface area contributed by atoms with Gasteiger partial charge in [0, 0.05) is 19.7 Å². The number of benzene rings is 1. The Labute approximate surface area is 126 Å². The highest BCUT2D eigenvalue weighted by Crippen LogP contribution is 2.27.